The lowest BCUT2D eigenvalue weighted by Gasteiger charge is -2.27. The molecule has 1 aliphatic rings. The van der Waals surface area contributed by atoms with E-state index in [0.29, 0.717) is 32.3 Å². The van der Waals surface area contributed by atoms with Gasteiger partial charge in [0.15, 0.2) is 0 Å². The second-order valence-electron chi connectivity index (χ2n) is 10.2. The summed E-state index contributed by atoms with van der Waals surface area (Å²) in [5.74, 6) is 0.0438. The molecule has 1 fully saturated rings. The fourth-order valence-corrected chi connectivity index (χ4v) is 7.43. The summed E-state index contributed by atoms with van der Waals surface area (Å²) in [5, 5.41) is 10.1. The zero-order chi connectivity index (χ0) is 26.6. The maximum atomic E-state index is 14.1. The number of anilines is 1. The molecule has 7 heteroatoms. The van der Waals surface area contributed by atoms with E-state index in [1.165, 1.54) is 54.4 Å². The largest absolute Gasteiger partial charge is 0.508 e. The Kier molecular flexibility index (Phi) is 8.83. The predicted molar refractivity (Wildman–Crippen MR) is 152 cm³/mol. The first-order valence-corrected chi connectivity index (χ1v) is 14.9. The van der Waals surface area contributed by atoms with Gasteiger partial charge < -0.3 is 10.0 Å². The standard InChI is InChI=1S/C30H37ClN2O3S/c1-22-18-23(2)30(24(3)19-22)37(35,36)33(21-26-11-14-28(34)20-29(26)31)27-12-9-25(10-13-27)8-7-17-32-15-5-4-6-16-32/h9-14,18-20,34H,4-8,15-17,21H2,1-3H3. The Labute approximate surface area is 226 Å². The van der Waals surface area contributed by atoms with Crippen LogP contribution in [0.1, 0.15) is 53.5 Å². The van der Waals surface area contributed by atoms with Gasteiger partial charge in [-0.3, -0.25) is 4.31 Å². The number of phenols is 1. The molecule has 0 aromatic heterocycles. The molecule has 0 bridgehead atoms. The van der Waals surface area contributed by atoms with Crippen LogP contribution in [-0.2, 0) is 23.0 Å². The molecule has 0 aliphatic carbocycles. The molecule has 0 saturated carbocycles. The fourth-order valence-electron chi connectivity index (χ4n) is 5.34. The number of nitrogens with zero attached hydrogens (tertiary/aromatic N) is 2. The normalized spacial score (nSPS) is 14.6. The van der Waals surface area contributed by atoms with Gasteiger partial charge in [-0.15, -0.1) is 0 Å². The van der Waals surface area contributed by atoms with Crippen LogP contribution in [0, 0.1) is 20.8 Å². The number of sulfonamides is 1. The minimum Gasteiger partial charge on any atom is -0.508 e. The van der Waals surface area contributed by atoms with Crippen molar-refractivity contribution in [2.75, 3.05) is 23.9 Å². The van der Waals surface area contributed by atoms with Crippen LogP contribution < -0.4 is 4.31 Å². The Morgan fingerprint density at radius 3 is 2.19 bits per heavy atom. The maximum absolute atomic E-state index is 14.1. The summed E-state index contributed by atoms with van der Waals surface area (Å²) in [5.41, 5.74) is 4.86. The molecule has 5 nitrogen and oxygen atoms in total. The lowest BCUT2D eigenvalue weighted by Crippen LogP contribution is -2.32. The number of likely N-dealkylation sites (tertiary alicyclic amines) is 1. The highest BCUT2D eigenvalue weighted by molar-refractivity contribution is 7.92. The Morgan fingerprint density at radius 1 is 0.919 bits per heavy atom. The number of aryl methyl sites for hydroxylation is 4. The van der Waals surface area contributed by atoms with Crippen LogP contribution in [0.5, 0.6) is 5.75 Å². The van der Waals surface area contributed by atoms with Crippen LogP contribution in [0.3, 0.4) is 0 Å². The van der Waals surface area contributed by atoms with Crippen LogP contribution in [0.15, 0.2) is 59.5 Å². The number of rotatable bonds is 9. The monoisotopic (exact) mass is 540 g/mol. The van der Waals surface area contributed by atoms with Crippen molar-refractivity contribution in [3.05, 3.63) is 87.4 Å². The fraction of sp³-hybridized carbons (Fsp3) is 0.400. The SMILES string of the molecule is Cc1cc(C)c(S(=O)(=O)N(Cc2ccc(O)cc2Cl)c2ccc(CCCN3CCCCC3)cc2)c(C)c1. The molecule has 3 aromatic carbocycles. The van der Waals surface area contributed by atoms with Crippen LogP contribution >= 0.6 is 11.6 Å². The Bertz CT molecular complexity index is 1310. The number of hydrogen-bond acceptors (Lipinski definition) is 4. The second kappa shape index (κ2) is 11.9. The van der Waals surface area contributed by atoms with Crippen LogP contribution in [0.2, 0.25) is 5.02 Å². The first-order chi connectivity index (χ1) is 17.6. The number of phenolic OH excluding ortho intramolecular Hbond substituents is 1. The van der Waals surface area contributed by atoms with Gasteiger partial charge >= 0.3 is 0 Å². The van der Waals surface area contributed by atoms with E-state index in [4.69, 9.17) is 11.6 Å². The van der Waals surface area contributed by atoms with Crippen molar-refractivity contribution in [2.24, 2.45) is 0 Å². The van der Waals surface area contributed by atoms with E-state index in [1.807, 2.05) is 57.2 Å². The van der Waals surface area contributed by atoms with Gasteiger partial charge in [-0.25, -0.2) is 8.42 Å². The Balaban J connectivity index is 1.62. The van der Waals surface area contributed by atoms with Crippen molar-refractivity contribution in [1.29, 1.82) is 0 Å². The molecule has 0 amide bonds. The summed E-state index contributed by atoms with van der Waals surface area (Å²) in [6.45, 7) is 9.20. The zero-order valence-corrected chi connectivity index (χ0v) is 23.6. The highest BCUT2D eigenvalue weighted by Gasteiger charge is 2.29. The second-order valence-corrected chi connectivity index (χ2v) is 12.4. The maximum Gasteiger partial charge on any atom is 0.265 e. The van der Waals surface area contributed by atoms with E-state index < -0.39 is 10.0 Å². The van der Waals surface area contributed by atoms with Gasteiger partial charge in [0.05, 0.1) is 17.1 Å². The van der Waals surface area contributed by atoms with Crippen molar-refractivity contribution in [3.63, 3.8) is 0 Å². The van der Waals surface area contributed by atoms with Gasteiger partial charge in [0, 0.05) is 5.02 Å². The van der Waals surface area contributed by atoms with Gasteiger partial charge in [0.2, 0.25) is 0 Å². The third kappa shape index (κ3) is 6.67. The zero-order valence-electron chi connectivity index (χ0n) is 22.0. The summed E-state index contributed by atoms with van der Waals surface area (Å²) in [6, 6.07) is 16.3. The number of aromatic hydroxyl groups is 1. The summed E-state index contributed by atoms with van der Waals surface area (Å²) in [7, 11) is -3.90. The highest BCUT2D eigenvalue weighted by Crippen LogP contribution is 2.33. The predicted octanol–water partition coefficient (Wildman–Crippen LogP) is 6.78. The molecule has 37 heavy (non-hydrogen) atoms. The van der Waals surface area contributed by atoms with Gasteiger partial charge in [0.25, 0.3) is 10.0 Å². The third-order valence-electron chi connectivity index (χ3n) is 7.12. The summed E-state index contributed by atoms with van der Waals surface area (Å²) < 4.78 is 29.7. The van der Waals surface area contributed by atoms with Crippen molar-refractivity contribution in [1.82, 2.24) is 4.90 Å². The minimum absolute atomic E-state index is 0.0438. The minimum atomic E-state index is -3.90. The van der Waals surface area contributed by atoms with Gasteiger partial charge in [-0.1, -0.05) is 53.9 Å². The number of halogens is 1. The van der Waals surface area contributed by atoms with Crippen LogP contribution in [-0.4, -0.2) is 38.1 Å². The lowest BCUT2D eigenvalue weighted by molar-refractivity contribution is 0.226. The average Bonchev–Trinajstić information content (AvgIpc) is 2.84. The van der Waals surface area contributed by atoms with E-state index in [-0.39, 0.29) is 12.3 Å². The van der Waals surface area contributed by atoms with E-state index in [9.17, 15) is 13.5 Å². The van der Waals surface area contributed by atoms with Crippen molar-refractivity contribution in [2.45, 2.75) is 64.3 Å². The molecule has 0 spiro atoms. The molecule has 0 radical (unpaired) electrons. The van der Waals surface area contributed by atoms with E-state index in [0.717, 1.165) is 24.9 Å². The van der Waals surface area contributed by atoms with Crippen LogP contribution in [0.25, 0.3) is 0 Å². The molecular formula is C30H37ClN2O3S. The molecule has 1 saturated heterocycles. The van der Waals surface area contributed by atoms with Gasteiger partial charge in [-0.05, 0) is 113 Å². The summed E-state index contributed by atoms with van der Waals surface area (Å²) >= 11 is 6.40. The molecule has 0 atom stereocenters. The number of piperidine rings is 1. The van der Waals surface area contributed by atoms with Crippen molar-refractivity contribution in [3.8, 4) is 5.75 Å². The summed E-state index contributed by atoms with van der Waals surface area (Å²) in [6.07, 6.45) is 5.98. The first kappa shape index (κ1) is 27.5. The highest BCUT2D eigenvalue weighted by atomic mass is 35.5. The molecule has 1 aliphatic heterocycles. The van der Waals surface area contributed by atoms with Crippen molar-refractivity contribution < 1.29 is 13.5 Å². The molecule has 4 rings (SSSR count). The van der Waals surface area contributed by atoms with E-state index in [1.54, 1.807) is 6.07 Å². The quantitative estimate of drug-likeness (QED) is 0.325. The van der Waals surface area contributed by atoms with Gasteiger partial charge in [0.1, 0.15) is 5.75 Å². The summed E-state index contributed by atoms with van der Waals surface area (Å²) in [4.78, 5) is 2.86. The molecule has 0 unspecified atom stereocenters. The Morgan fingerprint density at radius 2 is 1.57 bits per heavy atom. The Hall–Kier alpha value is -2.54. The first-order valence-electron chi connectivity index (χ1n) is 13.0. The van der Waals surface area contributed by atoms with Gasteiger partial charge in [-0.2, -0.15) is 0 Å². The smallest absolute Gasteiger partial charge is 0.265 e. The lowest BCUT2D eigenvalue weighted by atomic mass is 10.1. The van der Waals surface area contributed by atoms with Crippen molar-refractivity contribution >= 4 is 27.3 Å². The topological polar surface area (TPSA) is 60.9 Å². The molecule has 1 N–H and O–H groups in total. The van der Waals surface area contributed by atoms with Crippen LogP contribution in [0.4, 0.5) is 5.69 Å². The van der Waals surface area contributed by atoms with E-state index >= 15 is 0 Å². The molecule has 1 heterocycles. The molecular weight excluding hydrogens is 504 g/mol. The molecule has 3 aromatic rings. The van der Waals surface area contributed by atoms with E-state index in [2.05, 4.69) is 4.90 Å². The molecule has 198 valence electrons. The third-order valence-corrected chi connectivity index (χ3v) is 9.55. The number of benzene rings is 3. The average molecular weight is 541 g/mol. The number of hydrogen-bond donors (Lipinski definition) is 1.